The largest absolute Gasteiger partial charge is 0.448 e. The molecule has 1 aliphatic rings. The zero-order chi connectivity index (χ0) is 11.5. The monoisotopic (exact) mass is 219 g/mol. The summed E-state index contributed by atoms with van der Waals surface area (Å²) in [6.07, 6.45) is 0.667. The lowest BCUT2D eigenvalue weighted by molar-refractivity contribution is -0.147. The van der Waals surface area contributed by atoms with Crippen LogP contribution in [-0.4, -0.2) is 23.6 Å². The van der Waals surface area contributed by atoms with Gasteiger partial charge in [-0.05, 0) is 25.0 Å². The Balaban J connectivity index is 2.25. The summed E-state index contributed by atoms with van der Waals surface area (Å²) in [6, 6.07) is 8.70. The number of ether oxygens (including phenoxy) is 1. The molecule has 16 heavy (non-hydrogen) atoms. The van der Waals surface area contributed by atoms with Gasteiger partial charge in [0.2, 0.25) is 0 Å². The fraction of sp³-hybridized carbons (Fsp3) is 0.462. The normalized spacial score (nSPS) is 20.6. The molecular formula is C13H17NO2. The summed E-state index contributed by atoms with van der Waals surface area (Å²) in [5.74, 6) is 0. The molecule has 0 radical (unpaired) electrons. The Morgan fingerprint density at radius 1 is 1.38 bits per heavy atom. The maximum atomic E-state index is 10.5. The first-order valence-electron chi connectivity index (χ1n) is 5.64. The van der Waals surface area contributed by atoms with Crippen LogP contribution < -0.4 is 0 Å². The second-order valence-electron chi connectivity index (χ2n) is 4.43. The van der Waals surface area contributed by atoms with Gasteiger partial charge in [0.25, 0.3) is 6.47 Å². The number of nitrogens with zero attached hydrogens (tertiary/aromatic N) is 1. The highest BCUT2D eigenvalue weighted by Crippen LogP contribution is 2.25. The van der Waals surface area contributed by atoms with Crippen molar-refractivity contribution in [2.75, 3.05) is 0 Å². The van der Waals surface area contributed by atoms with E-state index in [9.17, 15) is 4.79 Å². The topological polar surface area (TPSA) is 29.5 Å². The summed E-state index contributed by atoms with van der Waals surface area (Å²) in [5, 5.41) is 0. The van der Waals surface area contributed by atoms with Gasteiger partial charge in [-0.3, -0.25) is 9.69 Å². The quantitative estimate of drug-likeness (QED) is 0.728. The number of rotatable bonds is 3. The minimum absolute atomic E-state index is 0.118. The SMILES string of the molecule is CC(C)N1Cc2ccccc2C[C@@H]1OC=O. The van der Waals surface area contributed by atoms with Crippen molar-refractivity contribution in [1.82, 2.24) is 4.90 Å². The van der Waals surface area contributed by atoms with Crippen molar-refractivity contribution >= 4 is 6.47 Å². The summed E-state index contributed by atoms with van der Waals surface area (Å²) >= 11 is 0. The van der Waals surface area contributed by atoms with Gasteiger partial charge in [-0.2, -0.15) is 0 Å². The number of benzene rings is 1. The standard InChI is InChI=1S/C13H17NO2/c1-10(2)14-8-12-6-4-3-5-11(12)7-13(14)16-9-15/h3-6,9-10,13H,7-8H2,1-2H3/t13-/m0/s1. The van der Waals surface area contributed by atoms with E-state index in [2.05, 4.69) is 36.9 Å². The molecule has 0 fully saturated rings. The molecule has 0 aromatic heterocycles. The van der Waals surface area contributed by atoms with E-state index in [4.69, 9.17) is 4.74 Å². The first kappa shape index (κ1) is 11.1. The third kappa shape index (κ3) is 2.09. The predicted octanol–water partition coefficient (Wildman–Crippen LogP) is 1.95. The Hall–Kier alpha value is -1.35. The molecule has 1 aromatic carbocycles. The molecule has 0 saturated carbocycles. The average Bonchev–Trinajstić information content (AvgIpc) is 2.28. The van der Waals surface area contributed by atoms with E-state index in [0.29, 0.717) is 12.5 Å². The predicted molar refractivity (Wildman–Crippen MR) is 61.8 cm³/mol. The molecule has 0 bridgehead atoms. The van der Waals surface area contributed by atoms with Crippen LogP contribution in [0.4, 0.5) is 0 Å². The minimum atomic E-state index is -0.118. The van der Waals surface area contributed by atoms with Crippen molar-refractivity contribution in [2.24, 2.45) is 0 Å². The van der Waals surface area contributed by atoms with Crippen LogP contribution in [0, 0.1) is 0 Å². The van der Waals surface area contributed by atoms with Crippen molar-refractivity contribution < 1.29 is 9.53 Å². The molecule has 1 heterocycles. The van der Waals surface area contributed by atoms with Crippen molar-refractivity contribution in [1.29, 1.82) is 0 Å². The average molecular weight is 219 g/mol. The van der Waals surface area contributed by atoms with Crippen LogP contribution in [0.25, 0.3) is 0 Å². The Bertz CT molecular complexity index is 376. The van der Waals surface area contributed by atoms with E-state index in [1.165, 1.54) is 11.1 Å². The van der Waals surface area contributed by atoms with Crippen LogP contribution in [0.1, 0.15) is 25.0 Å². The Morgan fingerprint density at radius 3 is 2.69 bits per heavy atom. The molecular weight excluding hydrogens is 202 g/mol. The summed E-state index contributed by atoms with van der Waals surface area (Å²) in [7, 11) is 0. The van der Waals surface area contributed by atoms with Gasteiger partial charge in [0.1, 0.15) is 0 Å². The van der Waals surface area contributed by atoms with Gasteiger partial charge >= 0.3 is 0 Å². The fourth-order valence-electron chi connectivity index (χ4n) is 2.22. The molecule has 0 unspecified atom stereocenters. The highest BCUT2D eigenvalue weighted by Gasteiger charge is 2.28. The summed E-state index contributed by atoms with van der Waals surface area (Å²) in [6.45, 7) is 5.64. The smallest absolute Gasteiger partial charge is 0.294 e. The van der Waals surface area contributed by atoms with E-state index < -0.39 is 0 Å². The lowest BCUT2D eigenvalue weighted by Crippen LogP contribution is -2.45. The van der Waals surface area contributed by atoms with E-state index in [1.807, 2.05) is 6.07 Å². The maximum absolute atomic E-state index is 10.5. The molecule has 3 nitrogen and oxygen atoms in total. The van der Waals surface area contributed by atoms with Crippen LogP contribution in [0.3, 0.4) is 0 Å². The second kappa shape index (κ2) is 4.66. The van der Waals surface area contributed by atoms with Crippen molar-refractivity contribution in [3.8, 4) is 0 Å². The molecule has 1 aliphatic heterocycles. The van der Waals surface area contributed by atoms with Gasteiger partial charge < -0.3 is 4.74 Å². The van der Waals surface area contributed by atoms with Crippen LogP contribution >= 0.6 is 0 Å². The van der Waals surface area contributed by atoms with Crippen molar-refractivity contribution in [3.05, 3.63) is 35.4 Å². The first-order valence-corrected chi connectivity index (χ1v) is 5.64. The Kier molecular flexibility index (Phi) is 3.25. The van der Waals surface area contributed by atoms with E-state index >= 15 is 0 Å². The molecule has 0 saturated heterocycles. The zero-order valence-corrected chi connectivity index (χ0v) is 9.72. The van der Waals surface area contributed by atoms with Gasteiger partial charge in [-0.1, -0.05) is 24.3 Å². The molecule has 0 aliphatic carbocycles. The third-order valence-corrected chi connectivity index (χ3v) is 3.11. The number of hydrogen-bond acceptors (Lipinski definition) is 3. The second-order valence-corrected chi connectivity index (χ2v) is 4.43. The summed E-state index contributed by atoms with van der Waals surface area (Å²) < 4.78 is 5.16. The van der Waals surface area contributed by atoms with Crippen molar-refractivity contribution in [2.45, 2.75) is 39.1 Å². The van der Waals surface area contributed by atoms with E-state index in [-0.39, 0.29) is 6.23 Å². The number of fused-ring (bicyclic) bond motifs is 1. The number of carbonyl (C=O) groups is 1. The third-order valence-electron chi connectivity index (χ3n) is 3.11. The molecule has 3 heteroatoms. The lowest BCUT2D eigenvalue weighted by Gasteiger charge is -2.37. The molecule has 2 rings (SSSR count). The van der Waals surface area contributed by atoms with Crippen molar-refractivity contribution in [3.63, 3.8) is 0 Å². The minimum Gasteiger partial charge on any atom is -0.448 e. The molecule has 0 N–H and O–H groups in total. The van der Waals surface area contributed by atoms with Gasteiger partial charge in [-0.15, -0.1) is 0 Å². The maximum Gasteiger partial charge on any atom is 0.294 e. The molecule has 1 aromatic rings. The Morgan fingerprint density at radius 2 is 2.06 bits per heavy atom. The number of carbonyl (C=O) groups excluding carboxylic acids is 1. The van der Waals surface area contributed by atoms with E-state index in [0.717, 1.165) is 13.0 Å². The number of hydrogen-bond donors (Lipinski definition) is 0. The Labute approximate surface area is 96.0 Å². The summed E-state index contributed by atoms with van der Waals surface area (Å²) in [5.41, 5.74) is 2.62. The van der Waals surface area contributed by atoms with Crippen LogP contribution in [0.5, 0.6) is 0 Å². The zero-order valence-electron chi connectivity index (χ0n) is 9.72. The molecule has 0 spiro atoms. The van der Waals surface area contributed by atoms with Gasteiger partial charge in [-0.25, -0.2) is 0 Å². The van der Waals surface area contributed by atoms with Gasteiger partial charge in [0.15, 0.2) is 6.23 Å². The molecule has 0 amide bonds. The molecule has 1 atom stereocenters. The fourth-order valence-corrected chi connectivity index (χ4v) is 2.22. The van der Waals surface area contributed by atoms with Crippen LogP contribution in [-0.2, 0) is 22.5 Å². The van der Waals surface area contributed by atoms with Crippen LogP contribution in [0.2, 0.25) is 0 Å². The first-order chi connectivity index (χ1) is 7.72. The van der Waals surface area contributed by atoms with Crippen LogP contribution in [0.15, 0.2) is 24.3 Å². The van der Waals surface area contributed by atoms with E-state index in [1.54, 1.807) is 0 Å². The highest BCUT2D eigenvalue weighted by molar-refractivity contribution is 5.38. The molecule has 86 valence electrons. The van der Waals surface area contributed by atoms with Gasteiger partial charge in [0, 0.05) is 19.0 Å². The highest BCUT2D eigenvalue weighted by atomic mass is 16.5. The van der Waals surface area contributed by atoms with Gasteiger partial charge in [0.05, 0.1) is 0 Å². The lowest BCUT2D eigenvalue weighted by atomic mass is 9.97. The summed E-state index contributed by atoms with van der Waals surface area (Å²) in [4.78, 5) is 12.7.